The van der Waals surface area contributed by atoms with Gasteiger partial charge in [0, 0.05) is 0 Å². The summed E-state index contributed by atoms with van der Waals surface area (Å²) < 4.78 is 11.9. The minimum Gasteiger partial charge on any atom is -0.494 e. The van der Waals surface area contributed by atoms with Crippen LogP contribution < -0.4 is 19.7 Å². The van der Waals surface area contributed by atoms with Crippen LogP contribution in [0.25, 0.3) is 6.08 Å². The van der Waals surface area contributed by atoms with E-state index in [2.05, 4.69) is 21.2 Å². The molecule has 0 saturated carbocycles. The largest absolute Gasteiger partial charge is 0.494 e. The molecule has 1 N–H and O–H groups in total. The van der Waals surface area contributed by atoms with Gasteiger partial charge in [0.05, 0.1) is 26.8 Å². The maximum Gasteiger partial charge on any atom is 0.335 e. The van der Waals surface area contributed by atoms with Gasteiger partial charge in [-0.15, -0.1) is 0 Å². The van der Waals surface area contributed by atoms with Crippen LogP contribution in [-0.4, -0.2) is 24.5 Å². The zero-order valence-electron chi connectivity index (χ0n) is 18.9. The number of nitrogens with zero attached hydrogens (tertiary/aromatic N) is 1. The van der Waals surface area contributed by atoms with Crippen LogP contribution in [0.15, 0.2) is 70.7 Å². The first-order valence-electron chi connectivity index (χ1n) is 10.8. The third-order valence-corrected chi connectivity index (χ3v) is 6.51. The Hall–Kier alpha value is -3.33. The molecular weight excluding hydrogens is 571 g/mol. The predicted octanol–water partition coefficient (Wildman–Crippen LogP) is 6.40. The lowest BCUT2D eigenvalue weighted by atomic mass is 10.1. The van der Waals surface area contributed by atoms with Crippen LogP contribution >= 0.6 is 39.1 Å². The molecular formula is C26H19BrCl2N2O5. The van der Waals surface area contributed by atoms with Crippen LogP contribution in [0.4, 0.5) is 10.5 Å². The van der Waals surface area contributed by atoms with Crippen molar-refractivity contribution in [3.8, 4) is 11.5 Å². The Morgan fingerprint density at radius 3 is 2.36 bits per heavy atom. The second kappa shape index (κ2) is 11.2. The lowest BCUT2D eigenvalue weighted by Crippen LogP contribution is -2.54. The van der Waals surface area contributed by atoms with Crippen molar-refractivity contribution in [3.05, 3.63) is 91.9 Å². The van der Waals surface area contributed by atoms with Gasteiger partial charge in [0.1, 0.15) is 23.7 Å². The van der Waals surface area contributed by atoms with E-state index in [0.29, 0.717) is 43.9 Å². The number of urea groups is 1. The van der Waals surface area contributed by atoms with Gasteiger partial charge in [-0.25, -0.2) is 9.69 Å². The number of amides is 4. The number of carbonyl (C=O) groups is 3. The van der Waals surface area contributed by atoms with E-state index in [1.165, 1.54) is 6.08 Å². The zero-order chi connectivity index (χ0) is 25.8. The van der Waals surface area contributed by atoms with Gasteiger partial charge < -0.3 is 9.47 Å². The Kier molecular flexibility index (Phi) is 7.98. The minimum absolute atomic E-state index is 0.181. The van der Waals surface area contributed by atoms with Gasteiger partial charge in [0.2, 0.25) is 0 Å². The summed E-state index contributed by atoms with van der Waals surface area (Å²) in [5.41, 5.74) is 1.53. The lowest BCUT2D eigenvalue weighted by Gasteiger charge is -2.26. The molecule has 1 aliphatic heterocycles. The quantitative estimate of drug-likeness (QED) is 0.255. The molecule has 3 aromatic carbocycles. The number of carbonyl (C=O) groups excluding carboxylic acids is 3. The fraction of sp³-hybridized carbons (Fsp3) is 0.115. The van der Waals surface area contributed by atoms with Crippen molar-refractivity contribution in [1.82, 2.24) is 5.32 Å². The monoisotopic (exact) mass is 588 g/mol. The molecule has 1 saturated heterocycles. The summed E-state index contributed by atoms with van der Waals surface area (Å²) in [5, 5.41) is 3.11. The second-order valence-electron chi connectivity index (χ2n) is 7.61. The van der Waals surface area contributed by atoms with Crippen LogP contribution in [0.2, 0.25) is 10.0 Å². The summed E-state index contributed by atoms with van der Waals surface area (Å²) >= 11 is 15.5. The molecule has 0 aliphatic carbocycles. The van der Waals surface area contributed by atoms with Crippen molar-refractivity contribution < 1.29 is 23.9 Å². The Labute approximate surface area is 225 Å². The van der Waals surface area contributed by atoms with Crippen LogP contribution in [-0.2, 0) is 16.2 Å². The molecule has 36 heavy (non-hydrogen) atoms. The molecule has 0 spiro atoms. The van der Waals surface area contributed by atoms with Crippen LogP contribution in [0, 0.1) is 0 Å². The summed E-state index contributed by atoms with van der Waals surface area (Å²) in [6.45, 7) is 2.60. The highest BCUT2D eigenvalue weighted by atomic mass is 79.9. The van der Waals surface area contributed by atoms with E-state index in [0.717, 1.165) is 10.5 Å². The van der Waals surface area contributed by atoms with E-state index in [1.54, 1.807) is 54.6 Å². The molecule has 0 atom stereocenters. The molecule has 1 aliphatic rings. The van der Waals surface area contributed by atoms with Crippen molar-refractivity contribution in [3.63, 3.8) is 0 Å². The van der Waals surface area contributed by atoms with E-state index in [-0.39, 0.29) is 12.2 Å². The Morgan fingerprint density at radius 1 is 0.944 bits per heavy atom. The molecule has 1 heterocycles. The number of rotatable bonds is 7. The number of nitrogens with one attached hydrogen (secondary N) is 1. The van der Waals surface area contributed by atoms with Gasteiger partial charge in [-0.2, -0.15) is 0 Å². The smallest absolute Gasteiger partial charge is 0.335 e. The Bertz CT molecular complexity index is 1380. The second-order valence-corrected chi connectivity index (χ2v) is 9.28. The number of ether oxygens (including phenoxy) is 2. The number of anilines is 1. The van der Waals surface area contributed by atoms with Crippen LogP contribution in [0.1, 0.15) is 18.1 Å². The molecule has 184 valence electrons. The first-order valence-corrected chi connectivity index (χ1v) is 12.3. The van der Waals surface area contributed by atoms with Crippen LogP contribution in [0.3, 0.4) is 0 Å². The number of imide groups is 2. The van der Waals surface area contributed by atoms with Crippen molar-refractivity contribution in [2.45, 2.75) is 13.5 Å². The van der Waals surface area contributed by atoms with Crippen molar-refractivity contribution in [2.75, 3.05) is 11.5 Å². The van der Waals surface area contributed by atoms with Crippen molar-refractivity contribution in [1.29, 1.82) is 0 Å². The summed E-state index contributed by atoms with van der Waals surface area (Å²) in [7, 11) is 0. The molecule has 0 aromatic heterocycles. The summed E-state index contributed by atoms with van der Waals surface area (Å²) in [4.78, 5) is 38.9. The Balaban J connectivity index is 1.53. The van der Waals surface area contributed by atoms with Crippen LogP contribution in [0.5, 0.6) is 11.5 Å². The number of barbiturate groups is 1. The molecule has 0 bridgehead atoms. The topological polar surface area (TPSA) is 84.9 Å². The SMILES string of the molecule is CCOc1ccc(N2C(=O)NC(=O)/C(=C\c3ccc(OCc4ccc(Cl)c(Cl)c4)c(Br)c3)C2=O)cc1. The lowest BCUT2D eigenvalue weighted by molar-refractivity contribution is -0.122. The van der Waals surface area contributed by atoms with E-state index >= 15 is 0 Å². The van der Waals surface area contributed by atoms with Gasteiger partial charge in [-0.05, 0) is 88.6 Å². The van der Waals surface area contributed by atoms with Gasteiger partial charge in [-0.3, -0.25) is 14.9 Å². The maximum absolute atomic E-state index is 13.1. The molecule has 4 rings (SSSR count). The molecule has 10 heteroatoms. The van der Waals surface area contributed by atoms with Gasteiger partial charge >= 0.3 is 6.03 Å². The predicted molar refractivity (Wildman–Crippen MR) is 142 cm³/mol. The number of benzene rings is 3. The van der Waals surface area contributed by atoms with Gasteiger partial charge in [0.15, 0.2) is 0 Å². The van der Waals surface area contributed by atoms with Gasteiger partial charge in [0.25, 0.3) is 11.8 Å². The number of halogens is 3. The summed E-state index contributed by atoms with van der Waals surface area (Å²) in [5.74, 6) is -0.356. The molecule has 1 fully saturated rings. The average Bonchev–Trinajstić information content (AvgIpc) is 2.84. The molecule has 0 unspecified atom stereocenters. The fourth-order valence-corrected chi connectivity index (χ4v) is 4.26. The summed E-state index contributed by atoms with van der Waals surface area (Å²) in [6.07, 6.45) is 1.42. The average molecular weight is 590 g/mol. The normalized spacial score (nSPS) is 14.7. The Morgan fingerprint density at radius 2 is 1.69 bits per heavy atom. The van der Waals surface area contributed by atoms with Crippen molar-refractivity contribution in [2.24, 2.45) is 0 Å². The highest BCUT2D eigenvalue weighted by Gasteiger charge is 2.36. The third-order valence-electron chi connectivity index (χ3n) is 5.15. The fourth-order valence-electron chi connectivity index (χ4n) is 3.43. The molecule has 3 aromatic rings. The zero-order valence-corrected chi connectivity index (χ0v) is 22.0. The molecule has 4 amide bonds. The minimum atomic E-state index is -0.821. The van der Waals surface area contributed by atoms with E-state index in [4.69, 9.17) is 32.7 Å². The number of hydrogen-bond donors (Lipinski definition) is 1. The van der Waals surface area contributed by atoms with E-state index < -0.39 is 17.8 Å². The van der Waals surface area contributed by atoms with E-state index in [9.17, 15) is 14.4 Å². The first kappa shape index (κ1) is 25.8. The highest BCUT2D eigenvalue weighted by molar-refractivity contribution is 9.10. The first-order chi connectivity index (χ1) is 17.3. The standard InChI is InChI=1S/C26H19BrCl2N2O5/c1-2-35-18-7-5-17(6-8-18)31-25(33)19(24(32)30-26(31)34)11-15-4-10-23(20(27)12-15)36-14-16-3-9-21(28)22(29)13-16/h3-13H,2,14H2,1H3,(H,30,32,34)/b19-11+. The summed E-state index contributed by atoms with van der Waals surface area (Å²) in [6, 6.07) is 16.0. The number of hydrogen-bond acceptors (Lipinski definition) is 5. The molecule has 0 radical (unpaired) electrons. The molecule has 7 nitrogen and oxygen atoms in total. The van der Waals surface area contributed by atoms with Crippen molar-refractivity contribution >= 4 is 68.7 Å². The van der Waals surface area contributed by atoms with Gasteiger partial charge in [-0.1, -0.05) is 35.3 Å². The highest BCUT2D eigenvalue weighted by Crippen LogP contribution is 2.30. The third kappa shape index (κ3) is 5.73. The van der Waals surface area contributed by atoms with E-state index in [1.807, 2.05) is 13.0 Å². The maximum atomic E-state index is 13.1.